The van der Waals surface area contributed by atoms with Crippen LogP contribution in [0.1, 0.15) is 410 Å². The van der Waals surface area contributed by atoms with E-state index in [1.807, 2.05) is 152 Å². The zero-order valence-corrected chi connectivity index (χ0v) is 95.7. The molecule has 1 atom stereocenters. The molecule has 0 aromatic carbocycles. The lowest BCUT2D eigenvalue weighted by molar-refractivity contribution is -0.164. The first-order chi connectivity index (χ1) is 57.1. The summed E-state index contributed by atoms with van der Waals surface area (Å²) in [5.74, 6) is -0.863. The monoisotopic (exact) mass is 1840 g/mol. The molecule has 3 rings (SSSR count). The molecule has 1 unspecified atom stereocenters. The van der Waals surface area contributed by atoms with Crippen molar-refractivity contribution in [3.05, 3.63) is 0 Å². The van der Waals surface area contributed by atoms with Gasteiger partial charge in [-0.25, -0.2) is 0 Å². The molecule has 0 amide bonds. The van der Waals surface area contributed by atoms with Gasteiger partial charge in [0.05, 0.1) is 85.3 Å². The summed E-state index contributed by atoms with van der Waals surface area (Å²) in [7, 11) is 6.36. The second-order valence-corrected chi connectivity index (χ2v) is 53.8. The number of nitrogens with two attached hydrogens (primary N) is 1. The Bertz CT molecular complexity index is 2930. The maximum atomic E-state index is 12.2. The van der Waals surface area contributed by atoms with Crippen molar-refractivity contribution in [2.24, 2.45) is 92.4 Å². The topological polar surface area (TPSA) is 236 Å². The van der Waals surface area contributed by atoms with Crippen molar-refractivity contribution in [3.8, 4) is 0 Å². The van der Waals surface area contributed by atoms with Gasteiger partial charge in [-0.3, -0.25) is 38.5 Å². The molecule has 3 aliphatic rings. The lowest BCUT2D eigenvalue weighted by Gasteiger charge is -2.34. The quantitative estimate of drug-likeness (QED) is 0.0660. The summed E-state index contributed by atoms with van der Waals surface area (Å²) in [6.45, 7) is 120. The second kappa shape index (κ2) is 61.3. The highest BCUT2D eigenvalue weighted by molar-refractivity contribution is 5.80. The Hall–Kier alpha value is -3.99. The van der Waals surface area contributed by atoms with Gasteiger partial charge in [-0.1, -0.05) is 255 Å². The fourth-order valence-corrected chi connectivity index (χ4v) is 10.1. The predicted molar refractivity (Wildman–Crippen MR) is 548 cm³/mol. The van der Waals surface area contributed by atoms with Gasteiger partial charge in [-0.05, 0) is 257 Å². The molecular formula is C108H222N6O15. The SMILES string of the molecule is CC(C)(C)CN1CCOCC1.CC(C)(C)COC(=O)C(C)(C)C.CC(C)(C)COC(=O)C(C)(C)CCN1CCCCC1.CC(C)(C)COC(=O)C(C)(C)N.CCC(C)(C)C.CCC(C)(C)C(=O)OC(C)C(C)(C)C.CCC(C)(C)C(=O)OCC(C)(C)C.CCCC(C)(C)C(=O)OCC(C)(C)C.CN(C)CC(C)(C)C.CN1CCN(CCC(C)(C)C(=O)OCC(C)(C)C)CC1. The zero-order valence-electron chi connectivity index (χ0n) is 95.7. The number of nitrogens with zero attached hydrogens (tertiary/aromatic N) is 5. The van der Waals surface area contributed by atoms with Crippen LogP contribution >= 0.6 is 0 Å². The normalized spacial score (nSPS) is 15.6. The molecule has 0 bridgehead atoms. The molecule has 3 fully saturated rings. The summed E-state index contributed by atoms with van der Waals surface area (Å²) in [4.78, 5) is 93.7. The number of hydrogen-bond acceptors (Lipinski definition) is 21. The summed E-state index contributed by atoms with van der Waals surface area (Å²) in [6.07, 6.45) is 10.5. The lowest BCUT2D eigenvalue weighted by atomic mass is 9.88. The molecule has 21 nitrogen and oxygen atoms in total. The first-order valence-corrected chi connectivity index (χ1v) is 49.2. The van der Waals surface area contributed by atoms with Crippen molar-refractivity contribution in [3.63, 3.8) is 0 Å². The maximum Gasteiger partial charge on any atom is 0.325 e. The Labute approximate surface area is 800 Å². The minimum absolute atomic E-state index is 0.000903. The average Bonchev–Trinajstić information content (AvgIpc) is 0.888. The van der Waals surface area contributed by atoms with Crippen LogP contribution < -0.4 is 5.73 Å². The van der Waals surface area contributed by atoms with Crippen LogP contribution in [-0.4, -0.2) is 230 Å². The third-order valence-corrected chi connectivity index (χ3v) is 20.7. The minimum Gasteiger partial charge on any atom is -0.465 e. The van der Waals surface area contributed by atoms with Crippen LogP contribution in [0.15, 0.2) is 0 Å². The Morgan fingerprint density at radius 2 is 0.605 bits per heavy atom. The highest BCUT2D eigenvalue weighted by atomic mass is 16.6. The van der Waals surface area contributed by atoms with Crippen molar-refractivity contribution < 1.29 is 71.5 Å². The second-order valence-electron chi connectivity index (χ2n) is 53.8. The Morgan fingerprint density at radius 3 is 0.845 bits per heavy atom. The first-order valence-electron chi connectivity index (χ1n) is 49.2. The molecule has 3 saturated heterocycles. The number of carbonyl (C=O) groups is 7. The molecule has 0 radical (unpaired) electrons. The van der Waals surface area contributed by atoms with Gasteiger partial charge in [-0.15, -0.1) is 0 Å². The number of ether oxygens (including phenoxy) is 8. The number of morpholine rings is 1. The van der Waals surface area contributed by atoms with Gasteiger partial charge >= 0.3 is 41.8 Å². The van der Waals surface area contributed by atoms with Crippen LogP contribution in [0, 0.1) is 86.6 Å². The standard InChI is InChI=1S/C16H32N2O2.C16H31NO2.2C12H24O2.C11H22O2.C10H20O2.C9H19NO2.C9H19NO.C7H17N.C6H14/c1-15(2,3)13-20-14(19)16(4,5)7-8-18-11-9-17(6)10-12-18;1-15(2,3)13-19-14(18)16(4,5)9-12-17-10-7-6-8-11-17;1-8-12(6,7)10(13)14-9(2)11(3,4)5;1-7-8-12(5,6)10(13)14-9-11(2,3)4;1-7-11(5,6)9(12)13-8-10(2,3)4;1-9(2,3)7-12-8(11)10(4,5)6;1-8(2,3)6-12-7(11)9(4,5)10;1-9(2,3)8-10-4-6-11-7-5-10;1-7(2,3)6-8(4)5;1-5-6(2,3)4/h7-13H2,1-6H3;6-13H2,1-5H3;9H,8H2,1-7H3;7-9H2,1-6H3;7-8H2,1-6H3;7H2,1-6H3;6,10H2,1-5H3;4-8H2,1-3H3;6H2,1-5H3;5H2,1-4H3. The lowest BCUT2D eigenvalue weighted by Crippen LogP contribution is -2.45. The van der Waals surface area contributed by atoms with Gasteiger partial charge in [0.25, 0.3) is 0 Å². The van der Waals surface area contributed by atoms with E-state index in [2.05, 4.69) is 226 Å². The molecule has 0 aliphatic carbocycles. The van der Waals surface area contributed by atoms with Crippen molar-refractivity contribution in [1.29, 1.82) is 0 Å². The van der Waals surface area contributed by atoms with Crippen LogP contribution in [0.25, 0.3) is 0 Å². The van der Waals surface area contributed by atoms with Gasteiger partial charge < -0.3 is 63.2 Å². The molecule has 3 aliphatic heterocycles. The number of likely N-dealkylation sites (tertiary alicyclic amines) is 1. The highest BCUT2D eigenvalue weighted by Gasteiger charge is 2.37. The zero-order chi connectivity index (χ0) is 104. The molecular weight excluding hydrogens is 1620 g/mol. The number of piperazine rings is 1. The number of piperidine rings is 1. The van der Waals surface area contributed by atoms with Crippen LogP contribution in [0.4, 0.5) is 0 Å². The van der Waals surface area contributed by atoms with Gasteiger partial charge in [-0.2, -0.15) is 0 Å². The third-order valence-electron chi connectivity index (χ3n) is 20.7. The molecule has 0 aromatic heterocycles. The van der Waals surface area contributed by atoms with Gasteiger partial charge in [0.1, 0.15) is 11.6 Å². The van der Waals surface area contributed by atoms with E-state index in [9.17, 15) is 33.6 Å². The Morgan fingerprint density at radius 1 is 0.326 bits per heavy atom. The van der Waals surface area contributed by atoms with E-state index >= 15 is 0 Å². The first kappa shape index (κ1) is 138. The fourth-order valence-electron chi connectivity index (χ4n) is 10.1. The number of likely N-dealkylation sites (N-methyl/N-ethyl adjacent to an activating group) is 1. The summed E-state index contributed by atoms with van der Waals surface area (Å²) >= 11 is 0. The van der Waals surface area contributed by atoms with Crippen LogP contribution in [0.5, 0.6) is 0 Å². The third kappa shape index (κ3) is 87.8. The van der Waals surface area contributed by atoms with Crippen LogP contribution in [0.3, 0.4) is 0 Å². The molecule has 774 valence electrons. The number of hydrogen-bond donors (Lipinski definition) is 1. The molecule has 2 N–H and O–H groups in total. The van der Waals surface area contributed by atoms with E-state index in [1.165, 1.54) is 45.3 Å². The van der Waals surface area contributed by atoms with E-state index in [0.717, 1.165) is 111 Å². The maximum absolute atomic E-state index is 12.2. The van der Waals surface area contributed by atoms with E-state index in [0.29, 0.717) is 55.9 Å². The smallest absolute Gasteiger partial charge is 0.325 e. The molecule has 0 spiro atoms. The molecule has 129 heavy (non-hydrogen) atoms. The van der Waals surface area contributed by atoms with Crippen molar-refractivity contribution in [2.45, 2.75) is 422 Å². The van der Waals surface area contributed by atoms with Crippen molar-refractivity contribution in [2.75, 3.05) is 153 Å². The van der Waals surface area contributed by atoms with E-state index in [1.54, 1.807) is 13.8 Å². The number of esters is 7. The largest absolute Gasteiger partial charge is 0.465 e. The average molecular weight is 1840 g/mol. The molecule has 3 heterocycles. The van der Waals surface area contributed by atoms with Gasteiger partial charge in [0, 0.05) is 52.4 Å². The van der Waals surface area contributed by atoms with Gasteiger partial charge in [0.2, 0.25) is 0 Å². The minimum atomic E-state index is -0.884. The molecule has 0 aromatic rings. The van der Waals surface area contributed by atoms with E-state index in [4.69, 9.17) is 43.6 Å². The van der Waals surface area contributed by atoms with Crippen molar-refractivity contribution in [1.82, 2.24) is 24.5 Å². The Balaban J connectivity index is -0.000000260. The highest BCUT2D eigenvalue weighted by Crippen LogP contribution is 2.32. The number of carbonyl (C=O) groups excluding carboxylic acids is 7. The number of rotatable bonds is 25. The fraction of sp³-hybridized carbons (Fsp3) is 0.935. The van der Waals surface area contributed by atoms with E-state index < -0.39 is 11.0 Å². The summed E-state index contributed by atoms with van der Waals surface area (Å²) < 4.78 is 42.3. The summed E-state index contributed by atoms with van der Waals surface area (Å²) in [6, 6.07) is 0. The Kier molecular flexibility index (Phi) is 65.6. The van der Waals surface area contributed by atoms with Gasteiger partial charge in [0.15, 0.2) is 0 Å². The van der Waals surface area contributed by atoms with Crippen molar-refractivity contribution >= 4 is 41.8 Å². The molecule has 0 saturated carbocycles. The van der Waals surface area contributed by atoms with Crippen LogP contribution in [-0.2, 0) is 71.5 Å². The summed E-state index contributed by atoms with van der Waals surface area (Å²) in [5.41, 5.74) is 4.13. The predicted octanol–water partition coefficient (Wildman–Crippen LogP) is 24.9. The molecule has 21 heteroatoms. The van der Waals surface area contributed by atoms with Crippen LogP contribution in [0.2, 0.25) is 0 Å². The van der Waals surface area contributed by atoms with E-state index in [-0.39, 0.29) is 113 Å². The summed E-state index contributed by atoms with van der Waals surface area (Å²) in [5, 5.41) is 0.